The first-order chi connectivity index (χ1) is 8.69. The van der Waals surface area contributed by atoms with Gasteiger partial charge in [-0.1, -0.05) is 0 Å². The molecule has 0 aliphatic rings. The van der Waals surface area contributed by atoms with Gasteiger partial charge >= 0.3 is 0 Å². The summed E-state index contributed by atoms with van der Waals surface area (Å²) < 4.78 is 5.12. The largest absolute Gasteiger partial charge is 0.497 e. The monoisotopic (exact) mass is 244 g/mol. The third-order valence-electron chi connectivity index (χ3n) is 2.39. The molecule has 0 bridgehead atoms. The lowest BCUT2D eigenvalue weighted by Crippen LogP contribution is -2.06. The number of hydrogen-bond donors (Lipinski definition) is 1. The molecule has 0 aliphatic carbocycles. The Bertz CT molecular complexity index is 528. The van der Waals surface area contributed by atoms with Gasteiger partial charge in [-0.15, -0.1) is 0 Å². The van der Waals surface area contributed by atoms with E-state index < -0.39 is 0 Å². The van der Waals surface area contributed by atoms with Crippen molar-refractivity contribution in [1.29, 1.82) is 0 Å². The van der Waals surface area contributed by atoms with Crippen LogP contribution in [0.4, 0.5) is 5.82 Å². The van der Waals surface area contributed by atoms with E-state index >= 15 is 0 Å². The Kier molecular flexibility index (Phi) is 3.62. The molecular formula is C13H16N4O. The van der Waals surface area contributed by atoms with Crippen LogP contribution in [0.5, 0.6) is 5.75 Å². The molecule has 1 aromatic heterocycles. The lowest BCUT2D eigenvalue weighted by molar-refractivity contribution is 0.415. The number of benzene rings is 1. The van der Waals surface area contributed by atoms with E-state index in [1.54, 1.807) is 13.4 Å². The summed E-state index contributed by atoms with van der Waals surface area (Å²) in [6.07, 6.45) is 1.72. The van der Waals surface area contributed by atoms with Gasteiger partial charge in [-0.2, -0.15) is 5.10 Å². The molecule has 2 aromatic rings. The summed E-state index contributed by atoms with van der Waals surface area (Å²) in [5.41, 5.74) is 1.98. The van der Waals surface area contributed by atoms with Crippen molar-refractivity contribution in [2.45, 2.75) is 0 Å². The highest BCUT2D eigenvalue weighted by atomic mass is 16.5. The van der Waals surface area contributed by atoms with Crippen molar-refractivity contribution in [1.82, 2.24) is 15.1 Å². The van der Waals surface area contributed by atoms with Gasteiger partial charge in [0.2, 0.25) is 0 Å². The molecule has 0 fully saturated rings. The number of methoxy groups -OCH3 is 1. The second-order valence-corrected chi connectivity index (χ2v) is 4.08. The molecule has 18 heavy (non-hydrogen) atoms. The molecule has 0 atom stereocenters. The van der Waals surface area contributed by atoms with E-state index in [0.717, 1.165) is 17.0 Å². The Morgan fingerprint density at radius 2 is 2.00 bits per heavy atom. The van der Waals surface area contributed by atoms with E-state index in [4.69, 9.17) is 4.74 Å². The van der Waals surface area contributed by atoms with Gasteiger partial charge in [-0.05, 0) is 29.8 Å². The lowest BCUT2D eigenvalue weighted by Gasteiger charge is -2.00. The van der Waals surface area contributed by atoms with E-state index in [0.29, 0.717) is 5.82 Å². The highest BCUT2D eigenvalue weighted by Gasteiger charge is 2.02. The zero-order chi connectivity index (χ0) is 13.0. The molecule has 0 saturated carbocycles. The van der Waals surface area contributed by atoms with Crippen LogP contribution in [0.2, 0.25) is 0 Å². The number of nitrogens with one attached hydrogen (secondary N) is 1. The van der Waals surface area contributed by atoms with Crippen molar-refractivity contribution < 1.29 is 4.74 Å². The van der Waals surface area contributed by atoms with Crippen LogP contribution in [0.1, 0.15) is 0 Å². The van der Waals surface area contributed by atoms with Gasteiger partial charge in [0.1, 0.15) is 5.75 Å². The molecule has 5 heteroatoms. The number of nitrogens with zero attached hydrogens (tertiary/aromatic N) is 3. The van der Waals surface area contributed by atoms with E-state index in [-0.39, 0.29) is 0 Å². The second kappa shape index (κ2) is 5.35. The average Bonchev–Trinajstić information content (AvgIpc) is 2.85. The van der Waals surface area contributed by atoms with E-state index in [9.17, 15) is 0 Å². The van der Waals surface area contributed by atoms with Gasteiger partial charge in [0.25, 0.3) is 0 Å². The quantitative estimate of drug-likeness (QED) is 0.663. The molecule has 0 radical (unpaired) electrons. The summed E-state index contributed by atoms with van der Waals surface area (Å²) >= 11 is 0. The SMILES string of the molecule is COc1ccc(-c2cc(N=CN(C)C)n[nH]2)cc1. The molecule has 2 rings (SSSR count). The molecule has 1 aromatic carbocycles. The minimum atomic E-state index is 0.662. The zero-order valence-corrected chi connectivity index (χ0v) is 10.7. The predicted octanol–water partition coefficient (Wildman–Crippen LogP) is 2.31. The molecule has 1 heterocycles. The maximum absolute atomic E-state index is 5.12. The van der Waals surface area contributed by atoms with Crippen LogP contribution in [-0.4, -0.2) is 42.6 Å². The standard InChI is InChI=1S/C13H16N4O/c1-17(2)9-14-13-8-12(15-16-13)10-4-6-11(18-3)7-5-10/h4-9H,1-3H3,(H,15,16). The van der Waals surface area contributed by atoms with Crippen molar-refractivity contribution in [3.8, 4) is 17.0 Å². The number of hydrogen-bond acceptors (Lipinski definition) is 3. The summed E-state index contributed by atoms with van der Waals surface area (Å²) in [6.45, 7) is 0. The number of aromatic nitrogens is 2. The molecule has 0 saturated heterocycles. The van der Waals surface area contributed by atoms with Crippen LogP contribution in [0.25, 0.3) is 11.3 Å². The van der Waals surface area contributed by atoms with Crippen molar-refractivity contribution >= 4 is 12.2 Å². The summed E-state index contributed by atoms with van der Waals surface area (Å²) in [5.74, 6) is 1.50. The van der Waals surface area contributed by atoms with E-state index in [1.807, 2.05) is 49.3 Å². The third kappa shape index (κ3) is 2.88. The van der Waals surface area contributed by atoms with Crippen molar-refractivity contribution in [3.05, 3.63) is 30.3 Å². The Morgan fingerprint density at radius 3 is 2.61 bits per heavy atom. The summed E-state index contributed by atoms with van der Waals surface area (Å²) in [7, 11) is 5.49. The number of ether oxygens (including phenoxy) is 1. The number of rotatable bonds is 4. The molecule has 1 N–H and O–H groups in total. The van der Waals surface area contributed by atoms with E-state index in [2.05, 4.69) is 15.2 Å². The first kappa shape index (κ1) is 12.2. The maximum Gasteiger partial charge on any atom is 0.175 e. The first-order valence-electron chi connectivity index (χ1n) is 5.59. The van der Waals surface area contributed by atoms with Crippen LogP contribution in [0, 0.1) is 0 Å². The Balaban J connectivity index is 2.18. The van der Waals surface area contributed by atoms with Crippen molar-refractivity contribution in [3.63, 3.8) is 0 Å². The van der Waals surface area contributed by atoms with Crippen LogP contribution in [0.15, 0.2) is 35.3 Å². The second-order valence-electron chi connectivity index (χ2n) is 4.08. The molecular weight excluding hydrogens is 228 g/mol. The Hall–Kier alpha value is -2.30. The molecule has 0 aliphatic heterocycles. The molecule has 94 valence electrons. The molecule has 0 amide bonds. The minimum absolute atomic E-state index is 0.662. The van der Waals surface area contributed by atoms with E-state index in [1.165, 1.54) is 0 Å². The van der Waals surface area contributed by atoms with Gasteiger partial charge in [0.05, 0.1) is 19.1 Å². The topological polar surface area (TPSA) is 53.5 Å². The van der Waals surface area contributed by atoms with Crippen LogP contribution in [0.3, 0.4) is 0 Å². The fourth-order valence-corrected chi connectivity index (χ4v) is 1.47. The highest BCUT2D eigenvalue weighted by Crippen LogP contribution is 2.23. The molecule has 0 unspecified atom stereocenters. The normalized spacial score (nSPS) is 10.8. The average molecular weight is 244 g/mol. The fourth-order valence-electron chi connectivity index (χ4n) is 1.47. The van der Waals surface area contributed by atoms with Gasteiger partial charge in [-0.3, -0.25) is 5.10 Å². The number of aliphatic imine (C=N–C) groups is 1. The van der Waals surface area contributed by atoms with Crippen molar-refractivity contribution in [2.24, 2.45) is 4.99 Å². The first-order valence-corrected chi connectivity index (χ1v) is 5.59. The maximum atomic E-state index is 5.12. The molecule has 5 nitrogen and oxygen atoms in total. The number of H-pyrrole nitrogens is 1. The van der Waals surface area contributed by atoms with Gasteiger partial charge in [-0.25, -0.2) is 4.99 Å². The summed E-state index contributed by atoms with van der Waals surface area (Å²) in [4.78, 5) is 6.08. The highest BCUT2D eigenvalue weighted by molar-refractivity contribution is 5.65. The molecule has 0 spiro atoms. The Morgan fingerprint density at radius 1 is 1.28 bits per heavy atom. The van der Waals surface area contributed by atoms with Crippen LogP contribution in [-0.2, 0) is 0 Å². The Labute approximate surface area is 106 Å². The summed E-state index contributed by atoms with van der Waals surface area (Å²) in [6, 6.07) is 9.69. The smallest absolute Gasteiger partial charge is 0.175 e. The minimum Gasteiger partial charge on any atom is -0.497 e. The zero-order valence-electron chi connectivity index (χ0n) is 10.7. The lowest BCUT2D eigenvalue weighted by atomic mass is 10.1. The van der Waals surface area contributed by atoms with Gasteiger partial charge < -0.3 is 9.64 Å². The number of aromatic amines is 1. The predicted molar refractivity (Wildman–Crippen MR) is 72.4 cm³/mol. The van der Waals surface area contributed by atoms with Crippen LogP contribution < -0.4 is 4.74 Å². The van der Waals surface area contributed by atoms with Gasteiger partial charge in [0, 0.05) is 20.2 Å². The fraction of sp³-hybridized carbons (Fsp3) is 0.231. The van der Waals surface area contributed by atoms with Crippen LogP contribution >= 0.6 is 0 Å². The van der Waals surface area contributed by atoms with Gasteiger partial charge in [0.15, 0.2) is 5.82 Å². The summed E-state index contributed by atoms with van der Waals surface area (Å²) in [5, 5.41) is 7.09. The van der Waals surface area contributed by atoms with Crippen molar-refractivity contribution in [2.75, 3.05) is 21.2 Å². The third-order valence-corrected chi connectivity index (χ3v) is 2.39.